The van der Waals surface area contributed by atoms with Gasteiger partial charge in [-0.2, -0.15) is 0 Å². The third-order valence-corrected chi connectivity index (χ3v) is 3.35. The fraction of sp³-hybridized carbons (Fsp3) is 0.722. The molecule has 0 aromatic carbocycles. The lowest BCUT2D eigenvalue weighted by atomic mass is 10.1. The lowest BCUT2D eigenvalue weighted by Gasteiger charge is -2.21. The van der Waals surface area contributed by atoms with Gasteiger partial charge in [-0.3, -0.25) is 4.79 Å². The van der Waals surface area contributed by atoms with Gasteiger partial charge in [-0.15, -0.1) is 0 Å². The number of allylic oxidation sites excluding steroid dienone is 3. The number of hydrogen-bond donors (Lipinski definition) is 0. The van der Waals surface area contributed by atoms with Crippen LogP contribution < -0.4 is 0 Å². The summed E-state index contributed by atoms with van der Waals surface area (Å²) in [6.45, 7) is 12.3. The molecule has 0 aromatic rings. The molecule has 1 amide bonds. The standard InChI is InChI=1S/C18H33NO/c1-6-8-14-19(18(20)10-7-2)15-13-17(5)12-9-11-16(3)4/h11,13H,6-10,12,14-15H2,1-5H3/b17-13+. The maximum atomic E-state index is 12.1. The molecule has 0 aliphatic heterocycles. The molecule has 0 aliphatic rings. The molecule has 0 atom stereocenters. The van der Waals surface area contributed by atoms with Crippen LogP contribution >= 0.6 is 0 Å². The van der Waals surface area contributed by atoms with Gasteiger partial charge >= 0.3 is 0 Å². The summed E-state index contributed by atoms with van der Waals surface area (Å²) < 4.78 is 0. The maximum Gasteiger partial charge on any atom is 0.222 e. The second kappa shape index (κ2) is 11.7. The van der Waals surface area contributed by atoms with E-state index in [1.54, 1.807) is 0 Å². The van der Waals surface area contributed by atoms with Crippen LogP contribution in [0.2, 0.25) is 0 Å². The first-order valence-corrected chi connectivity index (χ1v) is 8.08. The molecule has 0 rings (SSSR count). The molecule has 0 N–H and O–H groups in total. The number of nitrogens with zero attached hydrogens (tertiary/aromatic N) is 1. The average molecular weight is 279 g/mol. The summed E-state index contributed by atoms with van der Waals surface area (Å²) >= 11 is 0. The lowest BCUT2D eigenvalue weighted by Crippen LogP contribution is -2.32. The highest BCUT2D eigenvalue weighted by Gasteiger charge is 2.10. The van der Waals surface area contributed by atoms with Gasteiger partial charge < -0.3 is 4.90 Å². The predicted molar refractivity (Wildman–Crippen MR) is 88.8 cm³/mol. The first-order chi connectivity index (χ1) is 9.51. The minimum Gasteiger partial charge on any atom is -0.339 e. The Labute approximate surface area is 125 Å². The molecule has 2 heteroatoms. The first kappa shape index (κ1) is 18.9. The van der Waals surface area contributed by atoms with Crippen molar-refractivity contribution in [3.8, 4) is 0 Å². The predicted octanol–water partition coefficient (Wildman–Crippen LogP) is 5.11. The number of carbonyl (C=O) groups is 1. The van der Waals surface area contributed by atoms with E-state index in [9.17, 15) is 4.79 Å². The maximum absolute atomic E-state index is 12.1. The van der Waals surface area contributed by atoms with Crippen LogP contribution in [0.5, 0.6) is 0 Å². The second-order valence-corrected chi connectivity index (χ2v) is 5.81. The van der Waals surface area contributed by atoms with Crippen molar-refractivity contribution >= 4 is 5.91 Å². The molecular formula is C18H33NO. The monoisotopic (exact) mass is 279 g/mol. The van der Waals surface area contributed by atoms with Crippen molar-refractivity contribution in [2.75, 3.05) is 13.1 Å². The van der Waals surface area contributed by atoms with E-state index in [-0.39, 0.29) is 0 Å². The Morgan fingerprint density at radius 1 is 1.00 bits per heavy atom. The van der Waals surface area contributed by atoms with Gasteiger partial charge in [0.1, 0.15) is 0 Å². The van der Waals surface area contributed by atoms with Crippen molar-refractivity contribution in [1.82, 2.24) is 4.90 Å². The van der Waals surface area contributed by atoms with Crippen molar-refractivity contribution < 1.29 is 4.79 Å². The van der Waals surface area contributed by atoms with Crippen LogP contribution in [0.25, 0.3) is 0 Å². The highest BCUT2D eigenvalue weighted by molar-refractivity contribution is 5.76. The van der Waals surface area contributed by atoms with Crippen molar-refractivity contribution in [3.05, 3.63) is 23.3 Å². The van der Waals surface area contributed by atoms with Crippen LogP contribution in [0.15, 0.2) is 23.3 Å². The van der Waals surface area contributed by atoms with E-state index in [0.29, 0.717) is 12.3 Å². The SMILES string of the molecule is CCCCN(C/C=C(\C)CCC=C(C)C)C(=O)CCC. The molecule has 2 nitrogen and oxygen atoms in total. The zero-order chi connectivity index (χ0) is 15.4. The minimum absolute atomic E-state index is 0.300. The quantitative estimate of drug-likeness (QED) is 0.509. The zero-order valence-corrected chi connectivity index (χ0v) is 14.2. The molecule has 0 aliphatic carbocycles. The van der Waals surface area contributed by atoms with E-state index in [1.807, 2.05) is 4.90 Å². The number of amides is 1. The van der Waals surface area contributed by atoms with Crippen LogP contribution in [0.3, 0.4) is 0 Å². The zero-order valence-electron chi connectivity index (χ0n) is 14.2. The van der Waals surface area contributed by atoms with Crippen LogP contribution in [-0.4, -0.2) is 23.9 Å². The van der Waals surface area contributed by atoms with Crippen molar-refractivity contribution in [3.63, 3.8) is 0 Å². The van der Waals surface area contributed by atoms with Gasteiger partial charge in [0, 0.05) is 19.5 Å². The summed E-state index contributed by atoms with van der Waals surface area (Å²) in [5.41, 5.74) is 2.76. The van der Waals surface area contributed by atoms with E-state index in [2.05, 4.69) is 46.8 Å². The van der Waals surface area contributed by atoms with Gasteiger partial charge in [0.25, 0.3) is 0 Å². The summed E-state index contributed by atoms with van der Waals surface area (Å²) in [5, 5.41) is 0. The van der Waals surface area contributed by atoms with E-state index in [1.165, 1.54) is 11.1 Å². The minimum atomic E-state index is 0.300. The number of carbonyl (C=O) groups excluding carboxylic acids is 1. The van der Waals surface area contributed by atoms with Gasteiger partial charge in [-0.05, 0) is 46.5 Å². The number of hydrogen-bond acceptors (Lipinski definition) is 1. The highest BCUT2D eigenvalue weighted by Crippen LogP contribution is 2.08. The molecule has 0 bridgehead atoms. The summed E-state index contributed by atoms with van der Waals surface area (Å²) in [6, 6.07) is 0. The molecule has 0 radical (unpaired) electrons. The topological polar surface area (TPSA) is 20.3 Å². The fourth-order valence-electron chi connectivity index (χ4n) is 2.00. The van der Waals surface area contributed by atoms with Crippen molar-refractivity contribution in [2.45, 2.75) is 73.1 Å². The van der Waals surface area contributed by atoms with Crippen LogP contribution in [0.1, 0.15) is 73.1 Å². The molecule has 0 unspecified atom stereocenters. The molecular weight excluding hydrogens is 246 g/mol. The Morgan fingerprint density at radius 2 is 1.70 bits per heavy atom. The summed E-state index contributed by atoms with van der Waals surface area (Å²) in [7, 11) is 0. The summed E-state index contributed by atoms with van der Waals surface area (Å²) in [6.07, 6.45) is 10.5. The van der Waals surface area contributed by atoms with E-state index in [0.717, 1.165) is 45.2 Å². The lowest BCUT2D eigenvalue weighted by molar-refractivity contribution is -0.130. The summed E-state index contributed by atoms with van der Waals surface area (Å²) in [4.78, 5) is 14.1. The number of unbranched alkanes of at least 4 members (excludes halogenated alkanes) is 1. The van der Waals surface area contributed by atoms with Gasteiger partial charge in [0.2, 0.25) is 5.91 Å². The third kappa shape index (κ3) is 9.82. The normalized spacial score (nSPS) is 11.3. The molecule has 0 heterocycles. The van der Waals surface area contributed by atoms with Crippen molar-refractivity contribution in [2.24, 2.45) is 0 Å². The van der Waals surface area contributed by atoms with Crippen LogP contribution in [-0.2, 0) is 4.79 Å². The van der Waals surface area contributed by atoms with Crippen LogP contribution in [0.4, 0.5) is 0 Å². The van der Waals surface area contributed by atoms with E-state index >= 15 is 0 Å². The Bertz CT molecular complexity index is 324. The Hall–Kier alpha value is -1.05. The van der Waals surface area contributed by atoms with Crippen molar-refractivity contribution in [1.29, 1.82) is 0 Å². The molecule has 20 heavy (non-hydrogen) atoms. The van der Waals surface area contributed by atoms with Crippen LogP contribution in [0, 0.1) is 0 Å². The molecule has 116 valence electrons. The highest BCUT2D eigenvalue weighted by atomic mass is 16.2. The smallest absolute Gasteiger partial charge is 0.222 e. The largest absolute Gasteiger partial charge is 0.339 e. The Morgan fingerprint density at radius 3 is 2.25 bits per heavy atom. The Balaban J connectivity index is 4.33. The molecule has 0 aromatic heterocycles. The summed E-state index contributed by atoms with van der Waals surface area (Å²) in [5.74, 6) is 0.300. The molecule has 0 saturated heterocycles. The van der Waals surface area contributed by atoms with Gasteiger partial charge in [0.05, 0.1) is 0 Å². The Kier molecular flexibility index (Phi) is 11.1. The van der Waals surface area contributed by atoms with E-state index < -0.39 is 0 Å². The number of rotatable bonds is 10. The third-order valence-electron chi connectivity index (χ3n) is 3.35. The van der Waals surface area contributed by atoms with Gasteiger partial charge in [-0.1, -0.05) is 43.6 Å². The fourth-order valence-corrected chi connectivity index (χ4v) is 2.00. The molecule has 0 saturated carbocycles. The average Bonchev–Trinajstić information content (AvgIpc) is 2.38. The van der Waals surface area contributed by atoms with E-state index in [4.69, 9.17) is 0 Å². The van der Waals surface area contributed by atoms with Gasteiger partial charge in [-0.25, -0.2) is 0 Å². The second-order valence-electron chi connectivity index (χ2n) is 5.81. The van der Waals surface area contributed by atoms with Gasteiger partial charge in [0.15, 0.2) is 0 Å². The first-order valence-electron chi connectivity index (χ1n) is 8.08. The molecule has 0 spiro atoms. The molecule has 0 fully saturated rings.